The highest BCUT2D eigenvalue weighted by Gasteiger charge is 2.08. The number of aromatic nitrogens is 2. The quantitative estimate of drug-likeness (QED) is 0.911. The van der Waals surface area contributed by atoms with Crippen molar-refractivity contribution in [3.8, 4) is 6.07 Å². The van der Waals surface area contributed by atoms with Crippen molar-refractivity contribution in [2.45, 2.75) is 26.3 Å². The first-order valence-electron chi connectivity index (χ1n) is 6.96. The molecule has 0 aliphatic rings. The molecule has 0 unspecified atom stereocenters. The molecule has 5 heteroatoms. The van der Waals surface area contributed by atoms with Crippen molar-refractivity contribution in [1.29, 1.82) is 5.26 Å². The predicted molar refractivity (Wildman–Crippen MR) is 83.7 cm³/mol. The van der Waals surface area contributed by atoms with Crippen molar-refractivity contribution < 1.29 is 0 Å². The molecular formula is C16H19N5. The predicted octanol–water partition coefficient (Wildman–Crippen LogP) is 2.52. The first-order chi connectivity index (χ1) is 10.1. The van der Waals surface area contributed by atoms with Crippen LogP contribution >= 0.6 is 0 Å². The van der Waals surface area contributed by atoms with E-state index in [2.05, 4.69) is 23.0 Å². The molecule has 0 saturated carbocycles. The van der Waals surface area contributed by atoms with E-state index in [1.807, 2.05) is 30.1 Å². The molecule has 2 aromatic rings. The summed E-state index contributed by atoms with van der Waals surface area (Å²) < 4.78 is 0. The molecule has 0 atom stereocenters. The fourth-order valence-corrected chi connectivity index (χ4v) is 2.13. The van der Waals surface area contributed by atoms with Crippen LogP contribution in [0.1, 0.15) is 30.3 Å². The van der Waals surface area contributed by atoms with E-state index in [-0.39, 0.29) is 0 Å². The van der Waals surface area contributed by atoms with Crippen LogP contribution in [-0.4, -0.2) is 17.0 Å². The molecule has 0 radical (unpaired) electrons. The highest BCUT2D eigenvalue weighted by atomic mass is 15.2. The van der Waals surface area contributed by atoms with Crippen LogP contribution in [0.15, 0.2) is 30.3 Å². The van der Waals surface area contributed by atoms with Crippen LogP contribution in [0.5, 0.6) is 0 Å². The van der Waals surface area contributed by atoms with E-state index in [1.165, 1.54) is 0 Å². The summed E-state index contributed by atoms with van der Waals surface area (Å²) in [6, 6.07) is 11.5. The van der Waals surface area contributed by atoms with Gasteiger partial charge in [0.25, 0.3) is 0 Å². The first-order valence-corrected chi connectivity index (χ1v) is 6.96. The van der Waals surface area contributed by atoms with Crippen molar-refractivity contribution in [1.82, 2.24) is 9.97 Å². The number of rotatable bonds is 5. The maximum atomic E-state index is 8.94. The molecule has 2 N–H and O–H groups in total. The average molecular weight is 281 g/mol. The van der Waals surface area contributed by atoms with Crippen molar-refractivity contribution >= 4 is 11.6 Å². The molecule has 2 rings (SSSR count). The molecule has 0 spiro atoms. The van der Waals surface area contributed by atoms with Gasteiger partial charge in [0.05, 0.1) is 11.6 Å². The Hall–Kier alpha value is -2.61. The maximum absolute atomic E-state index is 8.94. The smallest absolute Gasteiger partial charge is 0.134 e. The SMILES string of the molecule is CCCc1nc(N)cc(N(C)Cc2cccc(C#N)c2)n1. The Labute approximate surface area is 125 Å². The van der Waals surface area contributed by atoms with Gasteiger partial charge < -0.3 is 10.6 Å². The Bertz CT molecular complexity index is 660. The zero-order chi connectivity index (χ0) is 15.2. The topological polar surface area (TPSA) is 78.8 Å². The molecule has 5 nitrogen and oxygen atoms in total. The van der Waals surface area contributed by atoms with Gasteiger partial charge in [-0.25, -0.2) is 9.97 Å². The van der Waals surface area contributed by atoms with E-state index >= 15 is 0 Å². The fraction of sp³-hybridized carbons (Fsp3) is 0.312. The Kier molecular flexibility index (Phi) is 4.72. The number of nitrogen functional groups attached to an aromatic ring is 1. The zero-order valence-corrected chi connectivity index (χ0v) is 12.4. The molecule has 0 amide bonds. The monoisotopic (exact) mass is 281 g/mol. The highest BCUT2D eigenvalue weighted by Crippen LogP contribution is 2.16. The Morgan fingerprint density at radius 2 is 2.10 bits per heavy atom. The van der Waals surface area contributed by atoms with E-state index in [0.29, 0.717) is 17.9 Å². The van der Waals surface area contributed by atoms with Gasteiger partial charge in [0.2, 0.25) is 0 Å². The third-order valence-electron chi connectivity index (χ3n) is 3.12. The minimum absolute atomic E-state index is 0.487. The van der Waals surface area contributed by atoms with Crippen molar-refractivity contribution in [2.24, 2.45) is 0 Å². The summed E-state index contributed by atoms with van der Waals surface area (Å²) in [5.74, 6) is 2.06. The van der Waals surface area contributed by atoms with Crippen molar-refractivity contribution in [3.05, 3.63) is 47.3 Å². The third kappa shape index (κ3) is 3.93. The van der Waals surface area contributed by atoms with Gasteiger partial charge in [-0.15, -0.1) is 0 Å². The van der Waals surface area contributed by atoms with Crippen molar-refractivity contribution in [3.63, 3.8) is 0 Å². The number of nitriles is 1. The molecule has 0 bridgehead atoms. The van der Waals surface area contributed by atoms with Gasteiger partial charge in [0, 0.05) is 26.1 Å². The van der Waals surface area contributed by atoms with Crippen LogP contribution in [0, 0.1) is 11.3 Å². The summed E-state index contributed by atoms with van der Waals surface area (Å²) >= 11 is 0. The largest absolute Gasteiger partial charge is 0.384 e. The van der Waals surface area contributed by atoms with E-state index < -0.39 is 0 Å². The minimum Gasteiger partial charge on any atom is -0.384 e. The summed E-state index contributed by atoms with van der Waals surface area (Å²) in [7, 11) is 1.95. The number of aryl methyl sites for hydroxylation is 1. The second-order valence-electron chi connectivity index (χ2n) is 4.99. The normalized spacial score (nSPS) is 10.1. The lowest BCUT2D eigenvalue weighted by molar-refractivity contribution is 0.815. The molecule has 1 aromatic heterocycles. The number of hydrogen-bond acceptors (Lipinski definition) is 5. The average Bonchev–Trinajstić information content (AvgIpc) is 2.47. The molecule has 21 heavy (non-hydrogen) atoms. The van der Waals surface area contributed by atoms with Crippen LogP contribution < -0.4 is 10.6 Å². The van der Waals surface area contributed by atoms with Crippen LogP contribution in [0.25, 0.3) is 0 Å². The number of nitrogens with two attached hydrogens (primary N) is 1. The number of nitrogens with zero attached hydrogens (tertiary/aromatic N) is 4. The van der Waals surface area contributed by atoms with Gasteiger partial charge in [-0.2, -0.15) is 5.26 Å². The van der Waals surface area contributed by atoms with E-state index in [4.69, 9.17) is 11.0 Å². The first kappa shape index (κ1) is 14.8. The molecule has 0 saturated heterocycles. The lowest BCUT2D eigenvalue weighted by Crippen LogP contribution is -2.19. The summed E-state index contributed by atoms with van der Waals surface area (Å²) in [5.41, 5.74) is 7.57. The van der Waals surface area contributed by atoms with E-state index in [9.17, 15) is 0 Å². The van der Waals surface area contributed by atoms with Crippen LogP contribution in [-0.2, 0) is 13.0 Å². The number of benzene rings is 1. The molecule has 0 aliphatic heterocycles. The van der Waals surface area contributed by atoms with E-state index in [1.54, 1.807) is 12.1 Å². The van der Waals surface area contributed by atoms with Gasteiger partial charge in [-0.05, 0) is 24.1 Å². The Morgan fingerprint density at radius 1 is 1.29 bits per heavy atom. The zero-order valence-electron chi connectivity index (χ0n) is 12.4. The summed E-state index contributed by atoms with van der Waals surface area (Å²) in [5, 5.41) is 8.94. The third-order valence-corrected chi connectivity index (χ3v) is 3.12. The number of anilines is 2. The minimum atomic E-state index is 0.487. The van der Waals surface area contributed by atoms with Gasteiger partial charge in [0.15, 0.2) is 0 Å². The lowest BCUT2D eigenvalue weighted by atomic mass is 10.1. The van der Waals surface area contributed by atoms with Crippen LogP contribution in [0.4, 0.5) is 11.6 Å². The second kappa shape index (κ2) is 6.71. The lowest BCUT2D eigenvalue weighted by Gasteiger charge is -2.19. The van der Waals surface area contributed by atoms with Gasteiger partial charge in [0.1, 0.15) is 17.5 Å². The Morgan fingerprint density at radius 3 is 2.81 bits per heavy atom. The van der Waals surface area contributed by atoms with Gasteiger partial charge >= 0.3 is 0 Å². The summed E-state index contributed by atoms with van der Waals surface area (Å²) in [6.07, 6.45) is 1.80. The highest BCUT2D eigenvalue weighted by molar-refractivity contribution is 5.47. The van der Waals surface area contributed by atoms with E-state index in [0.717, 1.165) is 30.0 Å². The van der Waals surface area contributed by atoms with Gasteiger partial charge in [-0.1, -0.05) is 19.1 Å². The molecule has 0 fully saturated rings. The molecule has 1 aromatic carbocycles. The maximum Gasteiger partial charge on any atom is 0.134 e. The molecular weight excluding hydrogens is 262 g/mol. The second-order valence-corrected chi connectivity index (χ2v) is 4.99. The van der Waals surface area contributed by atoms with Crippen molar-refractivity contribution in [2.75, 3.05) is 17.7 Å². The van der Waals surface area contributed by atoms with Gasteiger partial charge in [-0.3, -0.25) is 0 Å². The summed E-state index contributed by atoms with van der Waals surface area (Å²) in [6.45, 7) is 2.75. The fourth-order valence-electron chi connectivity index (χ4n) is 2.13. The molecule has 0 aliphatic carbocycles. The Balaban J connectivity index is 2.19. The summed E-state index contributed by atoms with van der Waals surface area (Å²) in [4.78, 5) is 10.8. The van der Waals surface area contributed by atoms with Crippen LogP contribution in [0.2, 0.25) is 0 Å². The van der Waals surface area contributed by atoms with Crippen LogP contribution in [0.3, 0.4) is 0 Å². The molecule has 1 heterocycles. The molecule has 108 valence electrons. The number of hydrogen-bond donors (Lipinski definition) is 1. The standard InChI is InChI=1S/C16H19N5/c1-3-5-15-19-14(18)9-16(20-15)21(2)11-13-7-4-6-12(8-13)10-17/h4,6-9H,3,5,11H2,1-2H3,(H2,18,19,20).